The minimum Gasteiger partial charge on any atom is -0.450 e. The summed E-state index contributed by atoms with van der Waals surface area (Å²) in [5.74, 6) is 0. The Morgan fingerprint density at radius 3 is 1.59 bits per heavy atom. The molecule has 0 radical (unpaired) electrons. The van der Waals surface area contributed by atoms with Crippen LogP contribution in [0.25, 0.3) is 0 Å². The number of hydrogen-bond acceptors (Lipinski definition) is 5. The number of carbonyl (C=O) groups is 1. The molecule has 0 bridgehead atoms. The van der Waals surface area contributed by atoms with Crippen molar-refractivity contribution >= 4 is 14.9 Å². The molecule has 0 aliphatic heterocycles. The summed E-state index contributed by atoms with van der Waals surface area (Å²) < 4.78 is 22.7. The van der Waals surface area contributed by atoms with Crippen molar-refractivity contribution in [1.29, 1.82) is 0 Å². The van der Waals surface area contributed by atoms with Crippen LogP contribution in [0, 0.1) is 0 Å². The average molecular weight is 406 g/mol. The van der Waals surface area contributed by atoms with E-state index in [4.69, 9.17) is 18.0 Å². The maximum absolute atomic E-state index is 11.1. The molecular weight excluding hydrogens is 362 g/mol. The highest BCUT2D eigenvalue weighted by Crippen LogP contribution is 2.20. The highest BCUT2D eigenvalue weighted by Gasteiger charge is 2.39. The second-order valence-electron chi connectivity index (χ2n) is 6.58. The van der Waals surface area contributed by atoms with Gasteiger partial charge in [-0.15, -0.1) is 0 Å². The standard InChI is InChI=1S/C20H43NO5Si/c1-5-21-20(22)23-18-16-14-12-10-9-11-13-15-17-19-27(24-6-2,25-7-3)26-8-4/h5-19H2,1-4H3,(H,21,22). The third kappa shape index (κ3) is 15.0. The summed E-state index contributed by atoms with van der Waals surface area (Å²) in [6, 6.07) is 0.925. The van der Waals surface area contributed by atoms with E-state index in [0.29, 0.717) is 33.0 Å². The molecule has 0 rings (SSSR count). The first-order valence-electron chi connectivity index (χ1n) is 11.0. The van der Waals surface area contributed by atoms with Gasteiger partial charge in [-0.3, -0.25) is 0 Å². The van der Waals surface area contributed by atoms with Crippen LogP contribution >= 0.6 is 0 Å². The predicted octanol–water partition coefficient (Wildman–Crippen LogP) is 5.29. The molecule has 0 unspecified atom stereocenters. The van der Waals surface area contributed by atoms with Gasteiger partial charge < -0.3 is 23.3 Å². The molecule has 1 amide bonds. The topological polar surface area (TPSA) is 66.0 Å². The minimum absolute atomic E-state index is 0.303. The van der Waals surface area contributed by atoms with E-state index in [2.05, 4.69) is 5.32 Å². The van der Waals surface area contributed by atoms with Crippen LogP contribution in [0.4, 0.5) is 4.79 Å². The zero-order valence-corrected chi connectivity index (χ0v) is 19.1. The molecule has 0 saturated heterocycles. The summed E-state index contributed by atoms with van der Waals surface area (Å²) >= 11 is 0. The highest BCUT2D eigenvalue weighted by atomic mass is 28.4. The van der Waals surface area contributed by atoms with Crippen molar-refractivity contribution in [2.75, 3.05) is 33.0 Å². The molecule has 6 nitrogen and oxygen atoms in total. The van der Waals surface area contributed by atoms with E-state index in [9.17, 15) is 4.79 Å². The van der Waals surface area contributed by atoms with Gasteiger partial charge in [-0.05, 0) is 40.5 Å². The molecule has 0 aliphatic rings. The smallest absolute Gasteiger partial charge is 0.450 e. The van der Waals surface area contributed by atoms with E-state index in [1.165, 1.54) is 38.5 Å². The Kier molecular flexibility index (Phi) is 18.3. The second-order valence-corrected chi connectivity index (χ2v) is 9.31. The monoisotopic (exact) mass is 405 g/mol. The van der Waals surface area contributed by atoms with Crippen LogP contribution in [0.15, 0.2) is 0 Å². The summed E-state index contributed by atoms with van der Waals surface area (Å²) in [5, 5.41) is 2.63. The molecule has 162 valence electrons. The summed E-state index contributed by atoms with van der Waals surface area (Å²) in [6.07, 6.45) is 10.4. The van der Waals surface area contributed by atoms with Crippen molar-refractivity contribution in [3.63, 3.8) is 0 Å². The van der Waals surface area contributed by atoms with Crippen LogP contribution in [0.2, 0.25) is 6.04 Å². The zero-order valence-electron chi connectivity index (χ0n) is 18.1. The van der Waals surface area contributed by atoms with E-state index in [1.54, 1.807) is 0 Å². The van der Waals surface area contributed by atoms with Gasteiger partial charge in [0.2, 0.25) is 0 Å². The number of carbonyl (C=O) groups excluding carboxylic acids is 1. The molecule has 7 heteroatoms. The number of alkyl carbamates (subject to hydrolysis) is 1. The average Bonchev–Trinajstić information content (AvgIpc) is 2.63. The molecule has 0 heterocycles. The molecule has 0 aromatic carbocycles. The minimum atomic E-state index is -2.44. The fraction of sp³-hybridized carbons (Fsp3) is 0.950. The number of hydrogen-bond donors (Lipinski definition) is 1. The van der Waals surface area contributed by atoms with Gasteiger partial charge in [0, 0.05) is 32.4 Å². The first-order chi connectivity index (χ1) is 13.1. The first-order valence-corrected chi connectivity index (χ1v) is 12.9. The van der Waals surface area contributed by atoms with Crippen molar-refractivity contribution < 1.29 is 22.8 Å². The van der Waals surface area contributed by atoms with E-state index >= 15 is 0 Å². The SMILES string of the molecule is CCNC(=O)OCCCCCCCCCCC[Si](OCC)(OCC)OCC. The molecule has 0 aromatic rings. The lowest BCUT2D eigenvalue weighted by molar-refractivity contribution is 0.0706. The van der Waals surface area contributed by atoms with Gasteiger partial charge in [0.25, 0.3) is 0 Å². The zero-order chi connectivity index (χ0) is 20.2. The van der Waals surface area contributed by atoms with Crippen molar-refractivity contribution in [2.24, 2.45) is 0 Å². The van der Waals surface area contributed by atoms with Crippen molar-refractivity contribution in [2.45, 2.75) is 91.5 Å². The Balaban J connectivity index is 3.58. The molecule has 0 aromatic heterocycles. The lowest BCUT2D eigenvalue weighted by Gasteiger charge is -2.28. The fourth-order valence-corrected chi connectivity index (χ4v) is 5.73. The van der Waals surface area contributed by atoms with Crippen molar-refractivity contribution in [3.8, 4) is 0 Å². The molecule has 0 fully saturated rings. The summed E-state index contributed by atoms with van der Waals surface area (Å²) in [6.45, 7) is 11.0. The molecule has 0 aliphatic carbocycles. The van der Waals surface area contributed by atoms with Crippen LogP contribution in [0.1, 0.15) is 85.5 Å². The van der Waals surface area contributed by atoms with Crippen LogP contribution < -0.4 is 5.32 Å². The first kappa shape index (κ1) is 26.4. The third-order valence-electron chi connectivity index (χ3n) is 4.27. The normalized spacial score (nSPS) is 11.6. The Hall–Kier alpha value is -0.633. The van der Waals surface area contributed by atoms with Gasteiger partial charge in [0.05, 0.1) is 6.61 Å². The number of nitrogens with one attached hydrogen (secondary N) is 1. The predicted molar refractivity (Wildman–Crippen MR) is 112 cm³/mol. The largest absolute Gasteiger partial charge is 0.500 e. The van der Waals surface area contributed by atoms with Gasteiger partial charge in [-0.1, -0.05) is 44.9 Å². The Bertz CT molecular complexity index is 327. The van der Waals surface area contributed by atoms with E-state index < -0.39 is 8.80 Å². The molecular formula is C20H43NO5Si. The quantitative estimate of drug-likeness (QED) is 0.233. The fourth-order valence-electron chi connectivity index (χ4n) is 3.04. The maximum Gasteiger partial charge on any atom is 0.500 e. The van der Waals surface area contributed by atoms with Crippen LogP contribution in [0.3, 0.4) is 0 Å². The lowest BCUT2D eigenvalue weighted by Crippen LogP contribution is -2.45. The Labute approximate surface area is 168 Å². The van der Waals surface area contributed by atoms with Crippen LogP contribution in [-0.2, 0) is 18.0 Å². The van der Waals surface area contributed by atoms with E-state index in [1.807, 2.05) is 27.7 Å². The highest BCUT2D eigenvalue weighted by molar-refractivity contribution is 6.60. The molecule has 0 saturated carbocycles. The lowest BCUT2D eigenvalue weighted by atomic mass is 10.1. The van der Waals surface area contributed by atoms with Crippen LogP contribution in [0.5, 0.6) is 0 Å². The second kappa shape index (κ2) is 18.7. The molecule has 27 heavy (non-hydrogen) atoms. The molecule has 0 atom stereocenters. The summed E-state index contributed by atoms with van der Waals surface area (Å²) in [4.78, 5) is 11.1. The van der Waals surface area contributed by atoms with Gasteiger partial charge in [0.1, 0.15) is 0 Å². The van der Waals surface area contributed by atoms with Gasteiger partial charge in [0.15, 0.2) is 0 Å². The van der Waals surface area contributed by atoms with Gasteiger partial charge in [-0.2, -0.15) is 0 Å². The summed E-state index contributed by atoms with van der Waals surface area (Å²) in [5.41, 5.74) is 0. The Morgan fingerprint density at radius 2 is 1.15 bits per heavy atom. The van der Waals surface area contributed by atoms with Crippen LogP contribution in [-0.4, -0.2) is 47.9 Å². The third-order valence-corrected chi connectivity index (χ3v) is 7.43. The molecule has 1 N–H and O–H groups in total. The Morgan fingerprint density at radius 1 is 0.704 bits per heavy atom. The number of amides is 1. The van der Waals surface area contributed by atoms with Gasteiger partial charge in [-0.25, -0.2) is 4.79 Å². The number of ether oxygens (including phenoxy) is 1. The molecule has 0 spiro atoms. The maximum atomic E-state index is 11.1. The van der Waals surface area contributed by atoms with Crippen molar-refractivity contribution in [1.82, 2.24) is 5.32 Å². The van der Waals surface area contributed by atoms with Gasteiger partial charge >= 0.3 is 14.9 Å². The van der Waals surface area contributed by atoms with E-state index in [-0.39, 0.29) is 6.09 Å². The van der Waals surface area contributed by atoms with E-state index in [0.717, 1.165) is 25.3 Å². The van der Waals surface area contributed by atoms with Crippen molar-refractivity contribution in [3.05, 3.63) is 0 Å². The number of unbranched alkanes of at least 4 members (excludes halogenated alkanes) is 8. The number of rotatable bonds is 19. The summed E-state index contributed by atoms with van der Waals surface area (Å²) in [7, 11) is -2.44.